The molecule has 1 heterocycles. The summed E-state index contributed by atoms with van der Waals surface area (Å²) in [5.74, 6) is 2.01. The van der Waals surface area contributed by atoms with E-state index in [2.05, 4.69) is 15.9 Å². The van der Waals surface area contributed by atoms with E-state index in [0.717, 1.165) is 28.6 Å². The Bertz CT molecular complexity index is 304. The lowest BCUT2D eigenvalue weighted by molar-refractivity contribution is 0.0495. The highest BCUT2D eigenvalue weighted by atomic mass is 79.9. The van der Waals surface area contributed by atoms with Crippen molar-refractivity contribution in [2.75, 3.05) is 11.5 Å². The first-order valence-corrected chi connectivity index (χ1v) is 6.72. The van der Waals surface area contributed by atoms with Crippen LogP contribution in [0.15, 0.2) is 28.7 Å². The van der Waals surface area contributed by atoms with Crippen LogP contribution in [-0.2, 0) is 5.60 Å². The molecule has 76 valence electrons. The van der Waals surface area contributed by atoms with E-state index in [9.17, 15) is 5.11 Å². The van der Waals surface area contributed by atoms with Gasteiger partial charge >= 0.3 is 0 Å². The molecule has 1 aromatic carbocycles. The van der Waals surface area contributed by atoms with E-state index in [0.29, 0.717) is 0 Å². The van der Waals surface area contributed by atoms with Crippen molar-refractivity contribution in [2.45, 2.75) is 18.4 Å². The number of hydrogen-bond acceptors (Lipinski definition) is 2. The number of rotatable bonds is 1. The molecule has 0 spiro atoms. The van der Waals surface area contributed by atoms with E-state index in [-0.39, 0.29) is 0 Å². The van der Waals surface area contributed by atoms with Crippen LogP contribution in [0.25, 0.3) is 0 Å². The highest BCUT2D eigenvalue weighted by Crippen LogP contribution is 2.35. The summed E-state index contributed by atoms with van der Waals surface area (Å²) in [4.78, 5) is 0. The Balaban J connectivity index is 2.23. The van der Waals surface area contributed by atoms with Crippen LogP contribution >= 0.6 is 27.7 Å². The van der Waals surface area contributed by atoms with Crippen LogP contribution in [0.2, 0.25) is 0 Å². The highest BCUT2D eigenvalue weighted by Gasteiger charge is 2.31. The van der Waals surface area contributed by atoms with Crippen molar-refractivity contribution in [1.29, 1.82) is 0 Å². The molecule has 1 aliphatic heterocycles. The maximum absolute atomic E-state index is 10.4. The van der Waals surface area contributed by atoms with Gasteiger partial charge in [-0.05, 0) is 36.3 Å². The fraction of sp³-hybridized carbons (Fsp3) is 0.455. The zero-order valence-electron chi connectivity index (χ0n) is 7.87. The minimum Gasteiger partial charge on any atom is -0.384 e. The van der Waals surface area contributed by atoms with Gasteiger partial charge in [0.25, 0.3) is 0 Å². The first-order valence-electron chi connectivity index (χ1n) is 4.77. The van der Waals surface area contributed by atoms with Crippen molar-refractivity contribution in [1.82, 2.24) is 0 Å². The van der Waals surface area contributed by atoms with Crippen LogP contribution in [0.1, 0.15) is 18.4 Å². The van der Waals surface area contributed by atoms with Crippen molar-refractivity contribution < 1.29 is 5.11 Å². The van der Waals surface area contributed by atoms with Gasteiger partial charge in [0.05, 0.1) is 5.60 Å². The first-order chi connectivity index (χ1) is 6.71. The predicted molar refractivity (Wildman–Crippen MR) is 64.6 cm³/mol. The molecule has 1 N–H and O–H groups in total. The largest absolute Gasteiger partial charge is 0.384 e. The number of aliphatic hydroxyl groups is 1. The number of hydrogen-bond donors (Lipinski definition) is 1. The van der Waals surface area contributed by atoms with Crippen LogP contribution in [0, 0.1) is 0 Å². The average molecular weight is 273 g/mol. The number of benzene rings is 1. The van der Waals surface area contributed by atoms with Gasteiger partial charge in [-0.2, -0.15) is 11.8 Å². The summed E-state index contributed by atoms with van der Waals surface area (Å²) < 4.78 is 1.06. The monoisotopic (exact) mass is 272 g/mol. The quantitative estimate of drug-likeness (QED) is 0.848. The standard InChI is InChI=1S/C11H13BrOS/c12-10-4-2-9(3-5-10)11(13)6-1-7-14-8-11/h2-5,13H,1,6-8H2. The maximum atomic E-state index is 10.4. The van der Waals surface area contributed by atoms with Crippen molar-refractivity contribution in [2.24, 2.45) is 0 Å². The lowest BCUT2D eigenvalue weighted by Gasteiger charge is -2.32. The van der Waals surface area contributed by atoms with E-state index in [1.807, 2.05) is 36.0 Å². The molecular formula is C11H13BrOS. The van der Waals surface area contributed by atoms with Gasteiger partial charge < -0.3 is 5.11 Å². The Kier molecular flexibility index (Phi) is 3.20. The fourth-order valence-corrected chi connectivity index (χ4v) is 3.17. The molecular weight excluding hydrogens is 260 g/mol. The summed E-state index contributed by atoms with van der Waals surface area (Å²) in [6.07, 6.45) is 2.00. The molecule has 1 aromatic rings. The summed E-state index contributed by atoms with van der Waals surface area (Å²) >= 11 is 5.24. The molecule has 0 saturated carbocycles. The molecule has 0 aliphatic carbocycles. The topological polar surface area (TPSA) is 20.2 Å². The van der Waals surface area contributed by atoms with Gasteiger partial charge in [-0.1, -0.05) is 28.1 Å². The van der Waals surface area contributed by atoms with Gasteiger partial charge in [0, 0.05) is 10.2 Å². The predicted octanol–water partition coefficient (Wildman–Crippen LogP) is 3.16. The smallest absolute Gasteiger partial charge is 0.0986 e. The Morgan fingerprint density at radius 2 is 2.00 bits per heavy atom. The van der Waals surface area contributed by atoms with E-state index in [4.69, 9.17) is 0 Å². The third-order valence-corrected chi connectivity index (χ3v) is 4.39. The van der Waals surface area contributed by atoms with Crippen LogP contribution in [0.5, 0.6) is 0 Å². The van der Waals surface area contributed by atoms with E-state index >= 15 is 0 Å². The second-order valence-electron chi connectivity index (χ2n) is 3.69. The van der Waals surface area contributed by atoms with E-state index < -0.39 is 5.60 Å². The van der Waals surface area contributed by atoms with Gasteiger partial charge in [0.1, 0.15) is 0 Å². The molecule has 1 unspecified atom stereocenters. The van der Waals surface area contributed by atoms with Crippen LogP contribution in [-0.4, -0.2) is 16.6 Å². The maximum Gasteiger partial charge on any atom is 0.0986 e. The molecule has 0 amide bonds. The van der Waals surface area contributed by atoms with Crippen molar-refractivity contribution >= 4 is 27.7 Å². The first kappa shape index (κ1) is 10.5. The summed E-state index contributed by atoms with van der Waals surface area (Å²) in [5.41, 5.74) is 0.455. The van der Waals surface area contributed by atoms with Crippen molar-refractivity contribution in [3.63, 3.8) is 0 Å². The second kappa shape index (κ2) is 4.25. The third-order valence-electron chi connectivity index (χ3n) is 2.60. The molecule has 0 bridgehead atoms. The normalized spacial score (nSPS) is 27.6. The zero-order chi connectivity index (χ0) is 10.0. The lowest BCUT2D eigenvalue weighted by Crippen LogP contribution is -2.31. The van der Waals surface area contributed by atoms with Gasteiger partial charge in [0.15, 0.2) is 0 Å². The fourth-order valence-electron chi connectivity index (χ4n) is 1.77. The molecule has 1 saturated heterocycles. The lowest BCUT2D eigenvalue weighted by atomic mass is 9.91. The third kappa shape index (κ3) is 2.15. The number of thioether (sulfide) groups is 1. The molecule has 1 nitrogen and oxygen atoms in total. The SMILES string of the molecule is OC1(c2ccc(Br)cc2)CCCSC1. The molecule has 1 fully saturated rings. The molecule has 1 aliphatic rings. The van der Waals surface area contributed by atoms with Crippen LogP contribution < -0.4 is 0 Å². The molecule has 0 radical (unpaired) electrons. The van der Waals surface area contributed by atoms with Crippen LogP contribution in [0.4, 0.5) is 0 Å². The van der Waals surface area contributed by atoms with Crippen LogP contribution in [0.3, 0.4) is 0 Å². The zero-order valence-corrected chi connectivity index (χ0v) is 10.3. The average Bonchev–Trinajstić information content (AvgIpc) is 2.19. The Morgan fingerprint density at radius 1 is 1.29 bits per heavy atom. The Hall–Kier alpha value is 0.01000. The summed E-state index contributed by atoms with van der Waals surface area (Å²) in [5, 5.41) is 10.4. The van der Waals surface area contributed by atoms with Gasteiger partial charge in [-0.15, -0.1) is 0 Å². The molecule has 2 rings (SSSR count). The molecule has 14 heavy (non-hydrogen) atoms. The number of halogens is 1. The van der Waals surface area contributed by atoms with Gasteiger partial charge in [0.2, 0.25) is 0 Å². The van der Waals surface area contributed by atoms with Crippen molar-refractivity contribution in [3.8, 4) is 0 Å². The van der Waals surface area contributed by atoms with Gasteiger partial charge in [-0.3, -0.25) is 0 Å². The van der Waals surface area contributed by atoms with E-state index in [1.165, 1.54) is 5.75 Å². The minimum atomic E-state index is -0.594. The molecule has 0 aromatic heterocycles. The Labute approximate surface area is 97.0 Å². The molecule has 1 atom stereocenters. The van der Waals surface area contributed by atoms with Gasteiger partial charge in [-0.25, -0.2) is 0 Å². The summed E-state index contributed by atoms with van der Waals surface area (Å²) in [6.45, 7) is 0. The summed E-state index contributed by atoms with van der Waals surface area (Å²) in [6, 6.07) is 8.01. The molecule has 3 heteroatoms. The summed E-state index contributed by atoms with van der Waals surface area (Å²) in [7, 11) is 0. The second-order valence-corrected chi connectivity index (χ2v) is 5.72. The minimum absolute atomic E-state index is 0.594. The van der Waals surface area contributed by atoms with E-state index in [1.54, 1.807) is 0 Å². The highest BCUT2D eigenvalue weighted by molar-refractivity contribution is 9.10. The van der Waals surface area contributed by atoms with Crippen molar-refractivity contribution in [3.05, 3.63) is 34.3 Å². The Morgan fingerprint density at radius 3 is 2.57 bits per heavy atom.